The number of halogens is 1. The number of hydrogen-bond donors (Lipinski definition) is 0. The van der Waals surface area contributed by atoms with Crippen molar-refractivity contribution in [3.8, 4) is 5.69 Å². The van der Waals surface area contributed by atoms with Gasteiger partial charge < -0.3 is 4.90 Å². The fourth-order valence-electron chi connectivity index (χ4n) is 4.12. The van der Waals surface area contributed by atoms with Crippen LogP contribution in [0.15, 0.2) is 77.6 Å². The van der Waals surface area contributed by atoms with Gasteiger partial charge in [-0.25, -0.2) is 4.98 Å². The summed E-state index contributed by atoms with van der Waals surface area (Å²) in [6.45, 7) is 6.39. The van der Waals surface area contributed by atoms with Gasteiger partial charge in [0.2, 0.25) is 0 Å². The molecule has 0 N–H and O–H groups in total. The van der Waals surface area contributed by atoms with Gasteiger partial charge in [-0.3, -0.25) is 14.2 Å². The minimum Gasteiger partial charge on any atom is -0.329 e. The van der Waals surface area contributed by atoms with Gasteiger partial charge in [-0.05, 0) is 56.2 Å². The summed E-state index contributed by atoms with van der Waals surface area (Å²) in [6.07, 6.45) is 0.753. The maximum atomic E-state index is 13.7. The van der Waals surface area contributed by atoms with Crippen LogP contribution in [0.4, 0.5) is 0 Å². The van der Waals surface area contributed by atoms with Crippen molar-refractivity contribution in [1.29, 1.82) is 0 Å². The third-order valence-electron chi connectivity index (χ3n) is 5.83. The first kappa shape index (κ1) is 22.7. The molecule has 0 spiro atoms. The van der Waals surface area contributed by atoms with Crippen LogP contribution >= 0.6 is 11.6 Å². The molecule has 1 unspecified atom stereocenters. The first-order valence-corrected chi connectivity index (χ1v) is 11.4. The zero-order valence-corrected chi connectivity index (χ0v) is 19.7. The SMILES string of the molecule is CCCN(C(=O)c1ccccc1Cl)C(C)c1nc2ccccc2c(=O)n1-c1ccccc1C. The van der Waals surface area contributed by atoms with Gasteiger partial charge in [0.25, 0.3) is 11.5 Å². The van der Waals surface area contributed by atoms with Crippen LogP contribution in [0.25, 0.3) is 16.6 Å². The van der Waals surface area contributed by atoms with Crippen LogP contribution in [0.1, 0.15) is 48.1 Å². The van der Waals surface area contributed by atoms with Crippen molar-refractivity contribution < 1.29 is 4.79 Å². The molecule has 1 heterocycles. The monoisotopic (exact) mass is 459 g/mol. The highest BCUT2D eigenvalue weighted by Gasteiger charge is 2.28. The molecule has 4 aromatic rings. The highest BCUT2D eigenvalue weighted by atomic mass is 35.5. The second-order valence-electron chi connectivity index (χ2n) is 8.07. The summed E-state index contributed by atoms with van der Waals surface area (Å²) < 4.78 is 1.64. The molecule has 168 valence electrons. The Labute approximate surface area is 198 Å². The number of carbonyl (C=O) groups is 1. The number of aryl methyl sites for hydroxylation is 1. The Morgan fingerprint density at radius 3 is 2.42 bits per heavy atom. The number of benzene rings is 3. The summed E-state index contributed by atoms with van der Waals surface area (Å²) in [5.41, 5.74) is 2.59. The largest absolute Gasteiger partial charge is 0.329 e. The Morgan fingerprint density at radius 2 is 1.70 bits per heavy atom. The van der Waals surface area contributed by atoms with Gasteiger partial charge in [-0.2, -0.15) is 0 Å². The molecule has 0 saturated carbocycles. The van der Waals surface area contributed by atoms with Crippen molar-refractivity contribution in [3.63, 3.8) is 0 Å². The quantitative estimate of drug-likeness (QED) is 0.357. The molecular formula is C27H26ClN3O2. The van der Waals surface area contributed by atoms with E-state index >= 15 is 0 Å². The molecule has 4 rings (SSSR count). The van der Waals surface area contributed by atoms with E-state index < -0.39 is 6.04 Å². The number of rotatable bonds is 6. The van der Waals surface area contributed by atoms with E-state index in [1.807, 2.05) is 63.2 Å². The molecular weight excluding hydrogens is 434 g/mol. The van der Waals surface area contributed by atoms with Crippen molar-refractivity contribution in [2.24, 2.45) is 0 Å². The lowest BCUT2D eigenvalue weighted by Gasteiger charge is -2.31. The number of hydrogen-bond acceptors (Lipinski definition) is 3. The van der Waals surface area contributed by atoms with Crippen molar-refractivity contribution in [2.45, 2.75) is 33.2 Å². The highest BCUT2D eigenvalue weighted by molar-refractivity contribution is 6.33. The average Bonchev–Trinajstić information content (AvgIpc) is 2.83. The van der Waals surface area contributed by atoms with Gasteiger partial charge in [0, 0.05) is 6.54 Å². The van der Waals surface area contributed by atoms with E-state index in [2.05, 4.69) is 0 Å². The molecule has 1 amide bonds. The number of carbonyl (C=O) groups excluding carboxylic acids is 1. The number of amides is 1. The maximum Gasteiger partial charge on any atom is 0.266 e. The van der Waals surface area contributed by atoms with Crippen LogP contribution in [0.2, 0.25) is 5.02 Å². The topological polar surface area (TPSA) is 55.2 Å². The lowest BCUT2D eigenvalue weighted by molar-refractivity contribution is 0.0681. The molecule has 33 heavy (non-hydrogen) atoms. The minimum absolute atomic E-state index is 0.154. The standard InChI is InChI=1S/C27H26ClN3O2/c1-4-17-30(26(32)20-12-6-8-14-22(20)28)19(3)25-29-23-15-9-7-13-21(23)27(33)31(25)24-16-10-5-11-18(24)2/h5-16,19H,4,17H2,1-3H3. The second-order valence-corrected chi connectivity index (χ2v) is 8.48. The zero-order chi connectivity index (χ0) is 23.5. The van der Waals surface area contributed by atoms with Crippen molar-refractivity contribution >= 4 is 28.4 Å². The minimum atomic E-state index is -0.467. The van der Waals surface area contributed by atoms with Crippen LogP contribution in [-0.2, 0) is 0 Å². The van der Waals surface area contributed by atoms with Crippen LogP contribution < -0.4 is 5.56 Å². The molecule has 0 saturated heterocycles. The summed E-state index contributed by atoms with van der Waals surface area (Å²) in [5.74, 6) is 0.329. The normalized spacial score (nSPS) is 12.0. The Bertz CT molecular complexity index is 1380. The number of aromatic nitrogens is 2. The Morgan fingerprint density at radius 1 is 1.03 bits per heavy atom. The Kier molecular flexibility index (Phi) is 6.61. The van der Waals surface area contributed by atoms with E-state index in [9.17, 15) is 9.59 Å². The summed E-state index contributed by atoms with van der Waals surface area (Å²) in [6, 6.07) is 21.6. The summed E-state index contributed by atoms with van der Waals surface area (Å²) >= 11 is 6.35. The van der Waals surface area contributed by atoms with Gasteiger partial charge in [-0.15, -0.1) is 0 Å². The Balaban J connectivity index is 1.94. The van der Waals surface area contributed by atoms with Gasteiger partial charge in [-0.1, -0.05) is 61.0 Å². The third-order valence-corrected chi connectivity index (χ3v) is 6.16. The fraction of sp³-hybridized carbons (Fsp3) is 0.222. The molecule has 0 aliphatic rings. The number of nitrogens with zero attached hydrogens (tertiary/aromatic N) is 3. The fourth-order valence-corrected chi connectivity index (χ4v) is 4.33. The maximum absolute atomic E-state index is 13.7. The second kappa shape index (κ2) is 9.59. The van der Waals surface area contributed by atoms with Crippen molar-refractivity contribution in [3.05, 3.63) is 105 Å². The molecule has 5 nitrogen and oxygen atoms in total. The van der Waals surface area contributed by atoms with Crippen molar-refractivity contribution in [2.75, 3.05) is 6.54 Å². The molecule has 0 aliphatic heterocycles. The van der Waals surface area contributed by atoms with E-state index in [-0.39, 0.29) is 11.5 Å². The molecule has 6 heteroatoms. The van der Waals surface area contributed by atoms with E-state index in [4.69, 9.17) is 16.6 Å². The van der Waals surface area contributed by atoms with E-state index in [1.54, 1.807) is 39.8 Å². The highest BCUT2D eigenvalue weighted by Crippen LogP contribution is 2.27. The van der Waals surface area contributed by atoms with Crippen LogP contribution in [0, 0.1) is 6.92 Å². The van der Waals surface area contributed by atoms with Crippen LogP contribution in [0.3, 0.4) is 0 Å². The molecule has 1 aromatic heterocycles. The molecule has 3 aromatic carbocycles. The molecule has 0 fully saturated rings. The molecule has 0 bridgehead atoms. The lowest BCUT2D eigenvalue weighted by atomic mass is 10.1. The van der Waals surface area contributed by atoms with Gasteiger partial charge in [0.05, 0.1) is 33.2 Å². The Hall–Kier alpha value is -3.44. The average molecular weight is 460 g/mol. The third kappa shape index (κ3) is 4.29. The number of para-hydroxylation sites is 2. The first-order valence-electron chi connectivity index (χ1n) is 11.1. The number of fused-ring (bicyclic) bond motifs is 1. The predicted octanol–water partition coefficient (Wildman–Crippen LogP) is 5.96. The first-order chi connectivity index (χ1) is 15.9. The van der Waals surface area contributed by atoms with E-state index in [1.165, 1.54) is 0 Å². The van der Waals surface area contributed by atoms with Gasteiger partial charge >= 0.3 is 0 Å². The molecule has 0 aliphatic carbocycles. The summed E-state index contributed by atoms with van der Waals surface area (Å²) in [5, 5.41) is 0.940. The molecule has 1 atom stereocenters. The van der Waals surface area contributed by atoms with Gasteiger partial charge in [0.15, 0.2) is 0 Å². The zero-order valence-electron chi connectivity index (χ0n) is 19.0. The van der Waals surface area contributed by atoms with Gasteiger partial charge in [0.1, 0.15) is 5.82 Å². The van der Waals surface area contributed by atoms with E-state index in [0.29, 0.717) is 33.9 Å². The lowest BCUT2D eigenvalue weighted by Crippen LogP contribution is -2.38. The predicted molar refractivity (Wildman–Crippen MR) is 133 cm³/mol. The van der Waals surface area contributed by atoms with Crippen LogP contribution in [0.5, 0.6) is 0 Å². The summed E-state index contributed by atoms with van der Waals surface area (Å²) in [7, 11) is 0. The summed E-state index contributed by atoms with van der Waals surface area (Å²) in [4.78, 5) is 33.9. The van der Waals surface area contributed by atoms with E-state index in [0.717, 1.165) is 17.7 Å². The smallest absolute Gasteiger partial charge is 0.266 e. The van der Waals surface area contributed by atoms with Crippen LogP contribution in [-0.4, -0.2) is 26.9 Å². The molecule has 0 radical (unpaired) electrons. The van der Waals surface area contributed by atoms with Crippen molar-refractivity contribution in [1.82, 2.24) is 14.5 Å².